The van der Waals surface area contributed by atoms with Crippen molar-refractivity contribution in [3.63, 3.8) is 0 Å². The highest BCUT2D eigenvalue weighted by Crippen LogP contribution is 2.34. The number of aromatic nitrogens is 1. The predicted molar refractivity (Wildman–Crippen MR) is 98.2 cm³/mol. The summed E-state index contributed by atoms with van der Waals surface area (Å²) in [5.74, 6) is -0.0748. The number of benzene rings is 1. The minimum atomic E-state index is -0.397. The van der Waals surface area contributed by atoms with Crippen LogP contribution in [0.1, 0.15) is 16.9 Å². The summed E-state index contributed by atoms with van der Waals surface area (Å²) in [5.41, 5.74) is 1.87. The fourth-order valence-electron chi connectivity index (χ4n) is 3.51. The molecule has 25 heavy (non-hydrogen) atoms. The number of amides is 1. The first-order valence-corrected chi connectivity index (χ1v) is 8.39. The summed E-state index contributed by atoms with van der Waals surface area (Å²) in [6, 6.07) is 9.75. The molecule has 0 unspecified atom stereocenters. The first-order chi connectivity index (χ1) is 12.0. The zero-order valence-electron chi connectivity index (χ0n) is 15.3. The molecular formula is C19H25N3O3. The van der Waals surface area contributed by atoms with Crippen LogP contribution in [0.5, 0.6) is 0 Å². The second-order valence-electron chi connectivity index (χ2n) is 6.74. The number of rotatable bonds is 6. The zero-order valence-corrected chi connectivity index (χ0v) is 15.3. The van der Waals surface area contributed by atoms with Gasteiger partial charge in [0.15, 0.2) is 0 Å². The highest BCUT2D eigenvalue weighted by molar-refractivity contribution is 6.00. The minimum Gasteiger partial charge on any atom is -0.382 e. The number of nitrogens with zero attached hydrogens (tertiary/aromatic N) is 3. The van der Waals surface area contributed by atoms with Gasteiger partial charge in [0, 0.05) is 45.9 Å². The monoisotopic (exact) mass is 343 g/mol. The molecule has 0 saturated carbocycles. The molecule has 0 spiro atoms. The molecule has 1 saturated heterocycles. The third kappa shape index (κ3) is 3.07. The first kappa shape index (κ1) is 17.6. The van der Waals surface area contributed by atoms with Gasteiger partial charge in [-0.05, 0) is 18.6 Å². The minimum absolute atomic E-state index is 0.0748. The maximum Gasteiger partial charge on any atom is 0.273 e. The summed E-state index contributed by atoms with van der Waals surface area (Å²) >= 11 is 0. The van der Waals surface area contributed by atoms with E-state index in [0.29, 0.717) is 25.5 Å². The SMILES string of the molecule is COCC1(COC)CCN1C(=O)c1cc(N(C)C)c2ccccc2n1. The van der Waals surface area contributed by atoms with Crippen molar-refractivity contribution in [2.24, 2.45) is 0 Å². The summed E-state index contributed by atoms with van der Waals surface area (Å²) in [4.78, 5) is 21.6. The molecule has 1 amide bonds. The van der Waals surface area contributed by atoms with Crippen LogP contribution in [-0.2, 0) is 9.47 Å². The van der Waals surface area contributed by atoms with Crippen LogP contribution in [0.25, 0.3) is 10.9 Å². The fraction of sp³-hybridized carbons (Fsp3) is 0.474. The van der Waals surface area contributed by atoms with E-state index in [-0.39, 0.29) is 5.91 Å². The number of pyridine rings is 1. The molecule has 1 aromatic heterocycles. The molecule has 2 aromatic rings. The number of hydrogen-bond acceptors (Lipinski definition) is 5. The van der Waals surface area contributed by atoms with Crippen LogP contribution in [0.4, 0.5) is 5.69 Å². The van der Waals surface area contributed by atoms with Gasteiger partial charge in [-0.3, -0.25) is 4.79 Å². The number of methoxy groups -OCH3 is 2. The lowest BCUT2D eigenvalue weighted by Crippen LogP contribution is -2.66. The van der Waals surface area contributed by atoms with Gasteiger partial charge >= 0.3 is 0 Å². The van der Waals surface area contributed by atoms with Crippen LogP contribution in [0.15, 0.2) is 30.3 Å². The summed E-state index contributed by atoms with van der Waals surface area (Å²) < 4.78 is 10.7. The lowest BCUT2D eigenvalue weighted by atomic mass is 9.85. The van der Waals surface area contributed by atoms with E-state index in [2.05, 4.69) is 4.98 Å². The highest BCUT2D eigenvalue weighted by atomic mass is 16.5. The van der Waals surface area contributed by atoms with Gasteiger partial charge in [0.05, 0.1) is 24.3 Å². The number of hydrogen-bond donors (Lipinski definition) is 0. The van der Waals surface area contributed by atoms with Crippen LogP contribution < -0.4 is 4.90 Å². The van der Waals surface area contributed by atoms with E-state index < -0.39 is 5.54 Å². The largest absolute Gasteiger partial charge is 0.382 e. The summed E-state index contributed by atoms with van der Waals surface area (Å²) in [5, 5.41) is 1.03. The van der Waals surface area contributed by atoms with E-state index in [9.17, 15) is 4.79 Å². The van der Waals surface area contributed by atoms with Crippen molar-refractivity contribution in [3.05, 3.63) is 36.0 Å². The number of anilines is 1. The second-order valence-corrected chi connectivity index (χ2v) is 6.74. The topological polar surface area (TPSA) is 54.9 Å². The second kappa shape index (κ2) is 6.98. The Morgan fingerprint density at radius 2 is 1.92 bits per heavy atom. The van der Waals surface area contributed by atoms with Gasteiger partial charge in [0.2, 0.25) is 0 Å². The van der Waals surface area contributed by atoms with Gasteiger partial charge in [-0.25, -0.2) is 4.98 Å². The number of fused-ring (bicyclic) bond motifs is 1. The average Bonchev–Trinajstić information content (AvgIpc) is 2.59. The molecule has 1 fully saturated rings. The molecule has 6 heteroatoms. The number of carbonyl (C=O) groups is 1. The Bertz CT molecular complexity index is 770. The Morgan fingerprint density at radius 1 is 1.24 bits per heavy atom. The Hall–Kier alpha value is -2.18. The molecule has 0 N–H and O–H groups in total. The lowest BCUT2D eigenvalue weighted by Gasteiger charge is -2.51. The maximum absolute atomic E-state index is 13.1. The van der Waals surface area contributed by atoms with Crippen LogP contribution in [0.3, 0.4) is 0 Å². The Balaban J connectivity index is 2.00. The van der Waals surface area contributed by atoms with Crippen molar-refractivity contribution in [1.82, 2.24) is 9.88 Å². The van der Waals surface area contributed by atoms with Gasteiger partial charge < -0.3 is 19.3 Å². The van der Waals surface area contributed by atoms with Crippen molar-refractivity contribution in [2.45, 2.75) is 12.0 Å². The molecule has 134 valence electrons. The first-order valence-electron chi connectivity index (χ1n) is 8.39. The van der Waals surface area contributed by atoms with Gasteiger partial charge in [-0.1, -0.05) is 18.2 Å². The molecule has 1 aromatic carbocycles. The van der Waals surface area contributed by atoms with E-state index in [0.717, 1.165) is 23.0 Å². The van der Waals surface area contributed by atoms with Gasteiger partial charge in [-0.2, -0.15) is 0 Å². The third-order valence-electron chi connectivity index (χ3n) is 4.84. The molecule has 0 bridgehead atoms. The van der Waals surface area contributed by atoms with Crippen molar-refractivity contribution in [1.29, 1.82) is 0 Å². The lowest BCUT2D eigenvalue weighted by molar-refractivity contribution is -0.0817. The Morgan fingerprint density at radius 3 is 2.48 bits per heavy atom. The van der Waals surface area contributed by atoms with Crippen molar-refractivity contribution < 1.29 is 14.3 Å². The van der Waals surface area contributed by atoms with Crippen LogP contribution in [0, 0.1) is 0 Å². The van der Waals surface area contributed by atoms with E-state index in [4.69, 9.17) is 9.47 Å². The number of carbonyl (C=O) groups excluding carboxylic acids is 1. The summed E-state index contributed by atoms with van der Waals surface area (Å²) in [7, 11) is 7.24. The molecule has 3 rings (SSSR count). The Kier molecular flexibility index (Phi) is 4.92. The quantitative estimate of drug-likeness (QED) is 0.805. The van der Waals surface area contributed by atoms with Gasteiger partial charge in [0.25, 0.3) is 5.91 Å². The normalized spacial score (nSPS) is 15.9. The highest BCUT2D eigenvalue weighted by Gasteiger charge is 2.48. The van der Waals surface area contributed by atoms with Crippen LogP contribution in [-0.4, -0.2) is 69.4 Å². The number of likely N-dealkylation sites (tertiary alicyclic amines) is 1. The summed E-state index contributed by atoms with van der Waals surface area (Å²) in [6.45, 7) is 1.61. The average molecular weight is 343 g/mol. The maximum atomic E-state index is 13.1. The van der Waals surface area contributed by atoms with E-state index in [1.165, 1.54) is 0 Å². The molecule has 1 aliphatic heterocycles. The molecule has 2 heterocycles. The van der Waals surface area contributed by atoms with E-state index in [1.807, 2.05) is 54.2 Å². The van der Waals surface area contributed by atoms with Gasteiger partial charge in [-0.15, -0.1) is 0 Å². The van der Waals surface area contributed by atoms with Crippen molar-refractivity contribution >= 4 is 22.5 Å². The molecular weight excluding hydrogens is 318 g/mol. The van der Waals surface area contributed by atoms with E-state index in [1.54, 1.807) is 14.2 Å². The van der Waals surface area contributed by atoms with Crippen molar-refractivity contribution in [2.75, 3.05) is 53.0 Å². The van der Waals surface area contributed by atoms with Gasteiger partial charge in [0.1, 0.15) is 5.69 Å². The molecule has 6 nitrogen and oxygen atoms in total. The molecule has 0 radical (unpaired) electrons. The van der Waals surface area contributed by atoms with Crippen molar-refractivity contribution in [3.8, 4) is 0 Å². The summed E-state index contributed by atoms with van der Waals surface area (Å²) in [6.07, 6.45) is 0.870. The molecule has 0 atom stereocenters. The number of ether oxygens (including phenoxy) is 2. The standard InChI is InChI=1S/C19H25N3O3/c1-21(2)17-11-16(20-15-8-6-5-7-14(15)17)18(23)22-10-9-19(22,12-24-3)13-25-4/h5-8,11H,9-10,12-13H2,1-4H3. The third-order valence-corrected chi connectivity index (χ3v) is 4.84. The number of para-hydroxylation sites is 1. The predicted octanol–water partition coefficient (Wildman–Crippen LogP) is 2.18. The van der Waals surface area contributed by atoms with Crippen LogP contribution in [0.2, 0.25) is 0 Å². The van der Waals surface area contributed by atoms with E-state index >= 15 is 0 Å². The fourth-order valence-corrected chi connectivity index (χ4v) is 3.51. The zero-order chi connectivity index (χ0) is 18.0. The Labute approximate surface area is 148 Å². The molecule has 0 aliphatic carbocycles. The molecule has 1 aliphatic rings. The smallest absolute Gasteiger partial charge is 0.273 e. The van der Waals surface area contributed by atoms with Crippen LogP contribution >= 0.6 is 0 Å².